The molecule has 0 atom stereocenters. The number of aromatic hydroxyl groups is 1. The standard InChI is InChI=1S/C14H12N2O5/c15-14(20)16-12(18)7-21-13(19)10-5-8-3-1-2-4-9(8)6-11(10)17/h1-6,17H,7H2,(H3,15,16,18,20). The number of ether oxygens (including phenoxy) is 1. The zero-order chi connectivity index (χ0) is 15.4. The molecule has 0 heterocycles. The van der Waals surface area contributed by atoms with E-state index in [0.717, 1.165) is 10.8 Å². The molecule has 4 N–H and O–H groups in total. The average Bonchev–Trinajstić information content (AvgIpc) is 2.43. The van der Waals surface area contributed by atoms with Crippen molar-refractivity contribution in [3.8, 4) is 5.75 Å². The molecule has 0 saturated heterocycles. The smallest absolute Gasteiger partial charge is 0.342 e. The summed E-state index contributed by atoms with van der Waals surface area (Å²) in [6.07, 6.45) is 0. The second-order valence-corrected chi connectivity index (χ2v) is 4.21. The van der Waals surface area contributed by atoms with Crippen LogP contribution < -0.4 is 11.1 Å². The summed E-state index contributed by atoms with van der Waals surface area (Å²) in [6, 6.07) is 8.98. The lowest BCUT2D eigenvalue weighted by atomic mass is 10.1. The fourth-order valence-corrected chi connectivity index (χ4v) is 1.77. The molecule has 2 aromatic carbocycles. The number of carbonyl (C=O) groups is 3. The predicted molar refractivity (Wildman–Crippen MR) is 73.6 cm³/mol. The molecule has 108 valence electrons. The third-order valence-corrected chi connectivity index (χ3v) is 2.68. The minimum atomic E-state index is -1.04. The van der Waals surface area contributed by atoms with E-state index in [1.165, 1.54) is 12.1 Å². The lowest BCUT2D eigenvalue weighted by molar-refractivity contribution is -0.123. The molecule has 0 saturated carbocycles. The van der Waals surface area contributed by atoms with E-state index >= 15 is 0 Å². The molecule has 7 nitrogen and oxygen atoms in total. The van der Waals surface area contributed by atoms with Gasteiger partial charge in [0.15, 0.2) is 6.61 Å². The Hall–Kier alpha value is -3.09. The number of fused-ring (bicyclic) bond motifs is 1. The van der Waals surface area contributed by atoms with Gasteiger partial charge < -0.3 is 15.6 Å². The van der Waals surface area contributed by atoms with Crippen LogP contribution in [-0.2, 0) is 9.53 Å². The molecular formula is C14H12N2O5. The quantitative estimate of drug-likeness (QED) is 0.725. The molecule has 0 aliphatic heterocycles. The number of esters is 1. The second-order valence-electron chi connectivity index (χ2n) is 4.21. The highest BCUT2D eigenvalue weighted by atomic mass is 16.5. The molecule has 0 aliphatic rings. The molecular weight excluding hydrogens is 276 g/mol. The topological polar surface area (TPSA) is 119 Å². The summed E-state index contributed by atoms with van der Waals surface area (Å²) >= 11 is 0. The molecule has 0 radical (unpaired) electrons. The van der Waals surface area contributed by atoms with E-state index in [2.05, 4.69) is 0 Å². The van der Waals surface area contributed by atoms with Crippen LogP contribution >= 0.6 is 0 Å². The first kappa shape index (κ1) is 14.3. The van der Waals surface area contributed by atoms with Crippen LogP contribution in [0.4, 0.5) is 4.79 Å². The number of hydrogen-bond donors (Lipinski definition) is 3. The number of carbonyl (C=O) groups excluding carboxylic acids is 3. The number of amides is 3. The van der Waals surface area contributed by atoms with E-state index in [-0.39, 0.29) is 11.3 Å². The molecule has 2 aromatic rings. The van der Waals surface area contributed by atoms with E-state index < -0.39 is 24.5 Å². The Labute approximate surface area is 119 Å². The number of phenolic OH excluding ortho intramolecular Hbond substituents is 1. The minimum absolute atomic E-state index is 0.0689. The molecule has 0 aliphatic carbocycles. The average molecular weight is 288 g/mol. The van der Waals surface area contributed by atoms with Crippen LogP contribution in [0.1, 0.15) is 10.4 Å². The summed E-state index contributed by atoms with van der Waals surface area (Å²) in [7, 11) is 0. The summed E-state index contributed by atoms with van der Waals surface area (Å²) in [5.74, 6) is -1.98. The largest absolute Gasteiger partial charge is 0.507 e. The third kappa shape index (κ3) is 3.47. The van der Waals surface area contributed by atoms with Gasteiger partial charge in [-0.3, -0.25) is 10.1 Å². The maximum atomic E-state index is 11.8. The number of primary amides is 1. The molecule has 0 unspecified atom stereocenters. The summed E-state index contributed by atoms with van der Waals surface area (Å²) in [5, 5.41) is 13.1. The Morgan fingerprint density at radius 3 is 2.38 bits per heavy atom. The first-order valence-corrected chi connectivity index (χ1v) is 5.95. The molecule has 0 aromatic heterocycles. The second kappa shape index (κ2) is 5.91. The number of nitrogens with two attached hydrogens (primary N) is 1. The molecule has 7 heteroatoms. The highest BCUT2D eigenvalue weighted by Gasteiger charge is 2.15. The normalized spacial score (nSPS) is 10.1. The van der Waals surface area contributed by atoms with Gasteiger partial charge >= 0.3 is 12.0 Å². The summed E-state index contributed by atoms with van der Waals surface area (Å²) in [6.45, 7) is -0.673. The SMILES string of the molecule is NC(=O)NC(=O)COC(=O)c1cc2ccccc2cc1O. The van der Waals surface area contributed by atoms with Gasteiger partial charge in [-0.1, -0.05) is 24.3 Å². The van der Waals surface area contributed by atoms with Gasteiger partial charge in [-0.15, -0.1) is 0 Å². The van der Waals surface area contributed by atoms with Gasteiger partial charge in [0.05, 0.1) is 0 Å². The van der Waals surface area contributed by atoms with Gasteiger partial charge in [0.2, 0.25) is 0 Å². The number of rotatable bonds is 3. The van der Waals surface area contributed by atoms with Crippen molar-refractivity contribution in [2.24, 2.45) is 5.73 Å². The van der Waals surface area contributed by atoms with E-state index in [9.17, 15) is 19.5 Å². The number of benzene rings is 2. The summed E-state index contributed by atoms with van der Waals surface area (Å²) < 4.78 is 4.70. The van der Waals surface area contributed by atoms with E-state index in [4.69, 9.17) is 10.5 Å². The van der Waals surface area contributed by atoms with Crippen molar-refractivity contribution in [3.63, 3.8) is 0 Å². The molecule has 0 fully saturated rings. The van der Waals surface area contributed by atoms with Crippen LogP contribution in [0, 0.1) is 0 Å². The molecule has 3 amide bonds. The first-order chi connectivity index (χ1) is 9.97. The summed E-state index contributed by atoms with van der Waals surface area (Å²) in [5.41, 5.74) is 4.68. The lowest BCUT2D eigenvalue weighted by Crippen LogP contribution is -2.37. The van der Waals surface area contributed by atoms with E-state index in [0.29, 0.717) is 0 Å². The van der Waals surface area contributed by atoms with Crippen molar-refractivity contribution in [2.45, 2.75) is 0 Å². The Morgan fingerprint density at radius 2 is 1.76 bits per heavy atom. The molecule has 0 bridgehead atoms. The van der Waals surface area contributed by atoms with E-state index in [1.54, 1.807) is 29.6 Å². The number of urea groups is 1. The van der Waals surface area contributed by atoms with Crippen LogP contribution in [0.3, 0.4) is 0 Å². The third-order valence-electron chi connectivity index (χ3n) is 2.68. The zero-order valence-electron chi connectivity index (χ0n) is 10.8. The van der Waals surface area contributed by atoms with Gasteiger partial charge in [-0.25, -0.2) is 9.59 Å². The van der Waals surface area contributed by atoms with Crippen molar-refractivity contribution in [3.05, 3.63) is 42.0 Å². The van der Waals surface area contributed by atoms with Gasteiger partial charge in [-0.2, -0.15) is 0 Å². The maximum absolute atomic E-state index is 11.8. The van der Waals surface area contributed by atoms with Crippen LogP contribution in [0.2, 0.25) is 0 Å². The Balaban J connectivity index is 2.14. The summed E-state index contributed by atoms with van der Waals surface area (Å²) in [4.78, 5) is 33.4. The lowest BCUT2D eigenvalue weighted by Gasteiger charge is -2.07. The van der Waals surface area contributed by atoms with Gasteiger partial charge in [-0.05, 0) is 22.9 Å². The molecule has 2 rings (SSSR count). The van der Waals surface area contributed by atoms with Crippen molar-refractivity contribution < 1.29 is 24.2 Å². The van der Waals surface area contributed by atoms with Gasteiger partial charge in [0, 0.05) is 0 Å². The molecule has 21 heavy (non-hydrogen) atoms. The van der Waals surface area contributed by atoms with Gasteiger partial charge in [0.25, 0.3) is 5.91 Å². The first-order valence-electron chi connectivity index (χ1n) is 5.95. The zero-order valence-corrected chi connectivity index (χ0v) is 10.8. The highest BCUT2D eigenvalue weighted by molar-refractivity contribution is 6.00. The fourth-order valence-electron chi connectivity index (χ4n) is 1.77. The number of nitrogens with one attached hydrogen (secondary N) is 1. The Morgan fingerprint density at radius 1 is 1.14 bits per heavy atom. The minimum Gasteiger partial charge on any atom is -0.507 e. The van der Waals surface area contributed by atoms with Crippen LogP contribution in [0.25, 0.3) is 10.8 Å². The number of imide groups is 1. The van der Waals surface area contributed by atoms with Crippen LogP contribution in [0.5, 0.6) is 5.75 Å². The Kier molecular flexibility index (Phi) is 4.03. The monoisotopic (exact) mass is 288 g/mol. The predicted octanol–water partition coefficient (Wildman–Crippen LogP) is 0.897. The van der Waals surface area contributed by atoms with E-state index in [1.807, 2.05) is 0 Å². The maximum Gasteiger partial charge on any atom is 0.342 e. The number of hydrogen-bond acceptors (Lipinski definition) is 5. The Bertz CT molecular complexity index is 726. The van der Waals surface area contributed by atoms with Gasteiger partial charge in [0.1, 0.15) is 11.3 Å². The fraction of sp³-hybridized carbons (Fsp3) is 0.0714. The van der Waals surface area contributed by atoms with Crippen molar-refractivity contribution in [2.75, 3.05) is 6.61 Å². The molecule has 0 spiro atoms. The van der Waals surface area contributed by atoms with Crippen molar-refractivity contribution >= 4 is 28.7 Å². The number of phenols is 1. The highest BCUT2D eigenvalue weighted by Crippen LogP contribution is 2.25. The van der Waals surface area contributed by atoms with Crippen molar-refractivity contribution in [1.29, 1.82) is 0 Å². The van der Waals surface area contributed by atoms with Crippen LogP contribution in [0.15, 0.2) is 36.4 Å². The van der Waals surface area contributed by atoms with Crippen molar-refractivity contribution in [1.82, 2.24) is 5.32 Å². The van der Waals surface area contributed by atoms with Crippen LogP contribution in [-0.4, -0.2) is 29.6 Å².